The van der Waals surface area contributed by atoms with Crippen molar-refractivity contribution in [1.29, 1.82) is 0 Å². The summed E-state index contributed by atoms with van der Waals surface area (Å²) in [5.41, 5.74) is 2.43. The lowest BCUT2D eigenvalue weighted by atomic mass is 9.93. The monoisotopic (exact) mass is 389 g/mol. The normalized spacial score (nSPS) is 14.5. The number of rotatable bonds is 6. The molecule has 3 rings (SSSR count). The molecule has 0 saturated carbocycles. The standard InChI is InChI=1S/C20H27N5O.ClH/c1-15-6-7-19(24-23-15)22-18-5-3-4-17(14-18)20(26)25-12-9-16(10-13-25)8-11-21-2;/h3-7,14,16,21H,8-13H2,1-2H3,(H,22,24);1H. The van der Waals surface area contributed by atoms with Crippen LogP contribution in [0.4, 0.5) is 11.5 Å². The van der Waals surface area contributed by atoms with E-state index in [-0.39, 0.29) is 18.3 Å². The molecule has 2 heterocycles. The molecule has 6 nitrogen and oxygen atoms in total. The fourth-order valence-electron chi connectivity index (χ4n) is 3.30. The summed E-state index contributed by atoms with van der Waals surface area (Å²) in [6, 6.07) is 11.4. The molecule has 2 N–H and O–H groups in total. The zero-order valence-electron chi connectivity index (χ0n) is 15.9. The number of nitrogens with zero attached hydrogens (tertiary/aromatic N) is 3. The Kier molecular flexibility index (Phi) is 8.00. The minimum Gasteiger partial charge on any atom is -0.339 e. The highest BCUT2D eigenvalue weighted by Crippen LogP contribution is 2.23. The Labute approximate surface area is 167 Å². The first-order valence-corrected chi connectivity index (χ1v) is 9.27. The number of aryl methyl sites for hydroxylation is 1. The lowest BCUT2D eigenvalue weighted by Gasteiger charge is -2.32. The number of likely N-dealkylation sites (tertiary alicyclic amines) is 1. The van der Waals surface area contributed by atoms with Crippen LogP contribution in [-0.4, -0.2) is 47.7 Å². The molecule has 7 heteroatoms. The van der Waals surface area contributed by atoms with Crippen LogP contribution in [0.1, 0.15) is 35.3 Å². The summed E-state index contributed by atoms with van der Waals surface area (Å²) in [5, 5.41) is 14.6. The van der Waals surface area contributed by atoms with Gasteiger partial charge in [0.15, 0.2) is 5.82 Å². The molecule has 1 aromatic carbocycles. The Balaban J connectivity index is 0.00000261. The third-order valence-corrected chi connectivity index (χ3v) is 4.88. The molecule has 146 valence electrons. The number of anilines is 2. The first-order chi connectivity index (χ1) is 12.7. The largest absolute Gasteiger partial charge is 0.339 e. The van der Waals surface area contributed by atoms with E-state index in [1.165, 1.54) is 6.42 Å². The van der Waals surface area contributed by atoms with Crippen molar-refractivity contribution >= 4 is 29.8 Å². The number of aromatic nitrogens is 2. The van der Waals surface area contributed by atoms with Gasteiger partial charge in [0.2, 0.25) is 0 Å². The highest BCUT2D eigenvalue weighted by atomic mass is 35.5. The van der Waals surface area contributed by atoms with Crippen LogP contribution in [0.25, 0.3) is 0 Å². The number of halogens is 1. The van der Waals surface area contributed by atoms with Gasteiger partial charge < -0.3 is 15.5 Å². The van der Waals surface area contributed by atoms with Gasteiger partial charge in [0.1, 0.15) is 0 Å². The number of benzene rings is 1. The van der Waals surface area contributed by atoms with Crippen molar-refractivity contribution in [3.8, 4) is 0 Å². The van der Waals surface area contributed by atoms with E-state index in [0.29, 0.717) is 11.4 Å². The van der Waals surface area contributed by atoms with Gasteiger partial charge in [-0.15, -0.1) is 17.5 Å². The van der Waals surface area contributed by atoms with Crippen molar-refractivity contribution in [2.24, 2.45) is 5.92 Å². The smallest absolute Gasteiger partial charge is 0.253 e. The van der Waals surface area contributed by atoms with Gasteiger partial charge in [0.25, 0.3) is 5.91 Å². The second-order valence-electron chi connectivity index (χ2n) is 6.89. The first kappa shape index (κ1) is 21.1. The quantitative estimate of drug-likeness (QED) is 0.792. The topological polar surface area (TPSA) is 70.2 Å². The third-order valence-electron chi connectivity index (χ3n) is 4.88. The maximum atomic E-state index is 12.8. The molecule has 1 aliphatic heterocycles. The van der Waals surface area contributed by atoms with E-state index in [1.54, 1.807) is 0 Å². The maximum Gasteiger partial charge on any atom is 0.253 e. The molecule has 0 spiro atoms. The van der Waals surface area contributed by atoms with Gasteiger partial charge in [-0.1, -0.05) is 6.07 Å². The molecule has 1 fully saturated rings. The molecule has 1 amide bonds. The minimum atomic E-state index is 0. The molecule has 1 aliphatic rings. The summed E-state index contributed by atoms with van der Waals surface area (Å²) in [6.07, 6.45) is 3.37. The number of hydrogen-bond donors (Lipinski definition) is 2. The highest BCUT2D eigenvalue weighted by molar-refractivity contribution is 5.95. The fraction of sp³-hybridized carbons (Fsp3) is 0.450. The minimum absolute atomic E-state index is 0. The van der Waals surface area contributed by atoms with Crippen LogP contribution < -0.4 is 10.6 Å². The number of amides is 1. The number of carbonyl (C=O) groups excluding carboxylic acids is 1. The number of piperidine rings is 1. The average molecular weight is 390 g/mol. The van der Waals surface area contributed by atoms with Gasteiger partial charge in [-0.2, -0.15) is 5.10 Å². The van der Waals surface area contributed by atoms with Gasteiger partial charge in [0.05, 0.1) is 5.69 Å². The Hall–Kier alpha value is -2.18. The predicted molar refractivity (Wildman–Crippen MR) is 111 cm³/mol. The van der Waals surface area contributed by atoms with Crippen LogP contribution in [0, 0.1) is 12.8 Å². The van der Waals surface area contributed by atoms with Crippen molar-refractivity contribution in [2.45, 2.75) is 26.2 Å². The van der Waals surface area contributed by atoms with Crippen molar-refractivity contribution in [3.63, 3.8) is 0 Å². The Morgan fingerprint density at radius 3 is 2.63 bits per heavy atom. The first-order valence-electron chi connectivity index (χ1n) is 9.27. The lowest BCUT2D eigenvalue weighted by Crippen LogP contribution is -2.39. The second kappa shape index (κ2) is 10.2. The molecule has 0 atom stereocenters. The molecule has 1 aromatic heterocycles. The Morgan fingerprint density at radius 1 is 1.19 bits per heavy atom. The maximum absolute atomic E-state index is 12.8. The van der Waals surface area contributed by atoms with E-state index in [2.05, 4.69) is 20.8 Å². The van der Waals surface area contributed by atoms with Crippen molar-refractivity contribution in [1.82, 2.24) is 20.4 Å². The number of nitrogens with one attached hydrogen (secondary N) is 2. The van der Waals surface area contributed by atoms with E-state index in [9.17, 15) is 4.79 Å². The lowest BCUT2D eigenvalue weighted by molar-refractivity contribution is 0.0687. The molecule has 0 aliphatic carbocycles. The van der Waals surface area contributed by atoms with Gasteiger partial charge in [-0.3, -0.25) is 4.79 Å². The van der Waals surface area contributed by atoms with Crippen LogP contribution >= 0.6 is 12.4 Å². The van der Waals surface area contributed by atoms with Crippen LogP contribution in [0.3, 0.4) is 0 Å². The highest BCUT2D eigenvalue weighted by Gasteiger charge is 2.23. The second-order valence-corrected chi connectivity index (χ2v) is 6.89. The third kappa shape index (κ3) is 5.91. The summed E-state index contributed by atoms with van der Waals surface area (Å²) < 4.78 is 0. The van der Waals surface area contributed by atoms with Crippen molar-refractivity contribution in [3.05, 3.63) is 47.7 Å². The molecule has 27 heavy (non-hydrogen) atoms. The van der Waals surface area contributed by atoms with Crippen LogP contribution in [0.15, 0.2) is 36.4 Å². The number of hydrogen-bond acceptors (Lipinski definition) is 5. The zero-order chi connectivity index (χ0) is 18.4. The van der Waals surface area contributed by atoms with E-state index in [1.807, 2.05) is 55.3 Å². The molecule has 2 aromatic rings. The SMILES string of the molecule is CNCCC1CCN(C(=O)c2cccc(Nc3ccc(C)nn3)c2)CC1.Cl. The van der Waals surface area contributed by atoms with E-state index in [4.69, 9.17) is 0 Å². The van der Waals surface area contributed by atoms with Gasteiger partial charge in [0, 0.05) is 24.3 Å². The summed E-state index contributed by atoms with van der Waals surface area (Å²) in [7, 11) is 1.99. The Morgan fingerprint density at radius 2 is 1.96 bits per heavy atom. The fourth-order valence-corrected chi connectivity index (χ4v) is 3.30. The average Bonchev–Trinajstić information content (AvgIpc) is 2.68. The van der Waals surface area contributed by atoms with Crippen LogP contribution in [-0.2, 0) is 0 Å². The van der Waals surface area contributed by atoms with Gasteiger partial charge in [-0.05, 0) is 76.0 Å². The predicted octanol–water partition coefficient (Wildman–Crippen LogP) is 3.41. The van der Waals surface area contributed by atoms with E-state index >= 15 is 0 Å². The Bertz CT molecular complexity index is 729. The van der Waals surface area contributed by atoms with Crippen molar-refractivity contribution in [2.75, 3.05) is 32.0 Å². The zero-order valence-corrected chi connectivity index (χ0v) is 16.8. The molecule has 0 bridgehead atoms. The molecule has 1 saturated heterocycles. The molecular weight excluding hydrogens is 362 g/mol. The molecule has 0 radical (unpaired) electrons. The van der Waals surface area contributed by atoms with E-state index < -0.39 is 0 Å². The van der Waals surface area contributed by atoms with Crippen LogP contribution in [0.2, 0.25) is 0 Å². The van der Waals surface area contributed by atoms with Crippen LogP contribution in [0.5, 0.6) is 0 Å². The van der Waals surface area contributed by atoms with Gasteiger partial charge >= 0.3 is 0 Å². The van der Waals surface area contributed by atoms with Crippen molar-refractivity contribution < 1.29 is 4.79 Å². The summed E-state index contributed by atoms with van der Waals surface area (Å²) in [4.78, 5) is 14.8. The number of carbonyl (C=O) groups is 1. The molecule has 0 unspecified atom stereocenters. The van der Waals surface area contributed by atoms with Gasteiger partial charge in [-0.25, -0.2) is 0 Å². The molecular formula is C20H28ClN5O. The summed E-state index contributed by atoms with van der Waals surface area (Å²) >= 11 is 0. The van der Waals surface area contributed by atoms with E-state index in [0.717, 1.165) is 49.8 Å². The summed E-state index contributed by atoms with van der Waals surface area (Å²) in [5.74, 6) is 1.50. The summed E-state index contributed by atoms with van der Waals surface area (Å²) in [6.45, 7) is 4.63.